The summed E-state index contributed by atoms with van der Waals surface area (Å²) in [6.45, 7) is 0.868. The zero-order chi connectivity index (χ0) is 21.4. The highest BCUT2D eigenvalue weighted by Gasteiger charge is 2.53. The van der Waals surface area contributed by atoms with Crippen molar-refractivity contribution in [2.75, 3.05) is 0 Å². The van der Waals surface area contributed by atoms with E-state index in [1.807, 2.05) is 0 Å². The van der Waals surface area contributed by atoms with Crippen molar-refractivity contribution < 1.29 is 40.0 Å². The minimum atomic E-state index is -5.37. The molecule has 0 saturated carbocycles. The maximum Gasteiger partial charge on any atom is 0.435 e. The predicted octanol–water partition coefficient (Wildman–Crippen LogP) is 5.08. The number of hydrogen-bond acceptors (Lipinski definition) is 3. The van der Waals surface area contributed by atoms with Crippen LogP contribution in [0.25, 0.3) is 0 Å². The van der Waals surface area contributed by atoms with Crippen LogP contribution in [0.4, 0.5) is 40.8 Å². The van der Waals surface area contributed by atoms with Gasteiger partial charge >= 0.3 is 18.5 Å². The molecule has 0 radical (unpaired) electrons. The first-order valence-corrected chi connectivity index (χ1v) is 7.43. The van der Waals surface area contributed by atoms with Crippen LogP contribution in [0.15, 0.2) is 24.4 Å². The van der Waals surface area contributed by atoms with Crippen molar-refractivity contribution in [2.24, 2.45) is 0 Å². The molecule has 0 bridgehead atoms. The summed E-state index contributed by atoms with van der Waals surface area (Å²) < 4.78 is 104. The molecule has 1 aromatic carbocycles. The Morgan fingerprint density at radius 1 is 1.18 bits per heavy atom. The van der Waals surface area contributed by atoms with Gasteiger partial charge in [0.05, 0.1) is 11.5 Å². The van der Waals surface area contributed by atoms with Crippen LogP contribution in [-0.4, -0.2) is 27.1 Å². The molecule has 0 saturated heterocycles. The molecule has 0 spiro atoms. The zero-order valence-corrected chi connectivity index (χ0v) is 13.9. The highest BCUT2D eigenvalue weighted by atomic mass is 19.4. The van der Waals surface area contributed by atoms with Gasteiger partial charge in [0, 0.05) is 23.4 Å². The number of aryl methyl sites for hydroxylation is 1. The van der Waals surface area contributed by atoms with Crippen molar-refractivity contribution in [3.05, 3.63) is 56.9 Å². The van der Waals surface area contributed by atoms with Crippen LogP contribution >= 0.6 is 0 Å². The Kier molecular flexibility index (Phi) is 5.67. The van der Waals surface area contributed by atoms with E-state index in [1.54, 1.807) is 0 Å². The molecular formula is C15H11F8N3O2. The molecule has 1 aromatic heterocycles. The fourth-order valence-electron chi connectivity index (χ4n) is 2.45. The van der Waals surface area contributed by atoms with Crippen LogP contribution in [0.3, 0.4) is 0 Å². The van der Waals surface area contributed by atoms with Crippen LogP contribution in [0.5, 0.6) is 0 Å². The molecule has 0 aliphatic heterocycles. The number of aromatic nitrogens is 2. The molecule has 154 valence electrons. The lowest BCUT2D eigenvalue weighted by molar-refractivity contribution is -0.385. The van der Waals surface area contributed by atoms with Crippen LogP contribution in [0, 0.1) is 17.0 Å². The molecule has 13 heteroatoms. The summed E-state index contributed by atoms with van der Waals surface area (Å²) in [5, 5.41) is 13.8. The van der Waals surface area contributed by atoms with Crippen molar-refractivity contribution in [1.82, 2.24) is 9.78 Å². The first-order chi connectivity index (χ1) is 12.7. The summed E-state index contributed by atoms with van der Waals surface area (Å²) in [4.78, 5) is 10.1. The zero-order valence-electron chi connectivity index (χ0n) is 13.9. The molecule has 0 N–H and O–H groups in total. The number of nitro benzene ring substituents is 1. The Morgan fingerprint density at radius 3 is 2.25 bits per heavy atom. The molecule has 28 heavy (non-hydrogen) atoms. The van der Waals surface area contributed by atoms with Gasteiger partial charge in [-0.1, -0.05) is 6.07 Å². The van der Waals surface area contributed by atoms with Gasteiger partial charge in [-0.2, -0.15) is 27.1 Å². The van der Waals surface area contributed by atoms with Gasteiger partial charge in [-0.05, 0) is 18.6 Å². The third kappa shape index (κ3) is 4.22. The summed E-state index contributed by atoms with van der Waals surface area (Å²) in [5.41, 5.74) is -3.68. The summed E-state index contributed by atoms with van der Waals surface area (Å²) in [7, 11) is 0. The van der Waals surface area contributed by atoms with E-state index in [0.717, 1.165) is 6.07 Å². The first-order valence-electron chi connectivity index (χ1n) is 7.43. The number of nitro groups is 1. The van der Waals surface area contributed by atoms with Crippen molar-refractivity contribution in [1.29, 1.82) is 0 Å². The SMILES string of the molecule is Cc1cc(Cn2cc(C(F)C(F)(F)C(F)F)c(C(F)(F)F)n2)ccc1[N+](=O)[O-]. The van der Waals surface area contributed by atoms with Crippen molar-refractivity contribution in [3.8, 4) is 0 Å². The monoisotopic (exact) mass is 417 g/mol. The second-order valence-corrected chi connectivity index (χ2v) is 5.84. The van der Waals surface area contributed by atoms with Crippen LogP contribution in [0.2, 0.25) is 0 Å². The van der Waals surface area contributed by atoms with Crippen molar-refractivity contribution in [2.45, 2.75) is 38.2 Å². The molecule has 1 heterocycles. The smallest absolute Gasteiger partial charge is 0.267 e. The molecule has 0 aliphatic carbocycles. The molecule has 0 fully saturated rings. The average molecular weight is 417 g/mol. The lowest BCUT2D eigenvalue weighted by atomic mass is 10.1. The van der Waals surface area contributed by atoms with Crippen molar-refractivity contribution >= 4 is 5.69 Å². The average Bonchev–Trinajstić information content (AvgIpc) is 2.97. The normalized spacial score (nSPS) is 13.8. The maximum atomic E-state index is 13.9. The molecular weight excluding hydrogens is 406 g/mol. The number of benzene rings is 1. The van der Waals surface area contributed by atoms with Gasteiger partial charge in [0.15, 0.2) is 11.9 Å². The molecule has 0 amide bonds. The van der Waals surface area contributed by atoms with E-state index in [1.165, 1.54) is 19.1 Å². The van der Waals surface area contributed by atoms with Gasteiger partial charge in [-0.25, -0.2) is 13.2 Å². The summed E-state index contributed by atoms with van der Waals surface area (Å²) >= 11 is 0. The van der Waals surface area contributed by atoms with E-state index in [2.05, 4.69) is 5.10 Å². The Bertz CT molecular complexity index is 879. The molecule has 1 unspecified atom stereocenters. The first kappa shape index (κ1) is 21.6. The van der Waals surface area contributed by atoms with Crippen LogP contribution < -0.4 is 0 Å². The van der Waals surface area contributed by atoms with Crippen LogP contribution in [-0.2, 0) is 12.7 Å². The highest BCUT2D eigenvalue weighted by molar-refractivity contribution is 5.42. The third-order valence-corrected chi connectivity index (χ3v) is 3.76. The van der Waals surface area contributed by atoms with E-state index in [-0.39, 0.29) is 23.0 Å². The fraction of sp³-hybridized carbons (Fsp3) is 0.400. The summed E-state index contributed by atoms with van der Waals surface area (Å²) in [6.07, 6.45) is -13.6. The van der Waals surface area contributed by atoms with Gasteiger partial charge in [-0.15, -0.1) is 0 Å². The second-order valence-electron chi connectivity index (χ2n) is 5.84. The number of nitrogens with zero attached hydrogens (tertiary/aromatic N) is 3. The van der Waals surface area contributed by atoms with E-state index in [4.69, 9.17) is 0 Å². The predicted molar refractivity (Wildman–Crippen MR) is 79.0 cm³/mol. The standard InChI is InChI=1S/C15H11F8N3O2/c1-7-4-8(2-3-10(7)26(27)28)5-25-6-9(12(24-25)15(21,22)23)11(16)14(19,20)13(17)18/h2-4,6,11,13H,5H2,1H3. The topological polar surface area (TPSA) is 61.0 Å². The number of rotatable bonds is 6. The Morgan fingerprint density at radius 2 is 1.79 bits per heavy atom. The number of alkyl halides is 8. The highest BCUT2D eigenvalue weighted by Crippen LogP contribution is 2.44. The van der Waals surface area contributed by atoms with E-state index >= 15 is 0 Å². The molecule has 1 atom stereocenters. The van der Waals surface area contributed by atoms with Gasteiger partial charge in [0.2, 0.25) is 0 Å². The minimum Gasteiger partial charge on any atom is -0.267 e. The fourth-order valence-corrected chi connectivity index (χ4v) is 2.45. The Hall–Kier alpha value is -2.73. The van der Waals surface area contributed by atoms with E-state index in [0.29, 0.717) is 4.68 Å². The lowest BCUT2D eigenvalue weighted by Crippen LogP contribution is -2.33. The number of halogens is 8. The van der Waals surface area contributed by atoms with E-state index in [9.17, 15) is 45.2 Å². The molecule has 5 nitrogen and oxygen atoms in total. The minimum absolute atomic E-state index is 0.165. The third-order valence-electron chi connectivity index (χ3n) is 3.76. The van der Waals surface area contributed by atoms with Crippen LogP contribution in [0.1, 0.15) is 28.6 Å². The summed E-state index contributed by atoms with van der Waals surface area (Å²) in [5.74, 6) is -5.35. The van der Waals surface area contributed by atoms with E-state index < -0.39 is 47.4 Å². The maximum absolute atomic E-state index is 13.9. The quantitative estimate of drug-likeness (QED) is 0.374. The molecule has 2 rings (SSSR count). The van der Waals surface area contributed by atoms with Gasteiger partial charge < -0.3 is 0 Å². The molecule has 2 aromatic rings. The lowest BCUT2D eigenvalue weighted by Gasteiger charge is -2.19. The Labute approximate surface area is 151 Å². The van der Waals surface area contributed by atoms with Gasteiger partial charge in [0.1, 0.15) is 0 Å². The number of hydrogen-bond donors (Lipinski definition) is 0. The Balaban J connectivity index is 2.44. The summed E-state index contributed by atoms with van der Waals surface area (Å²) in [6, 6.07) is 3.50. The largest absolute Gasteiger partial charge is 0.435 e. The second kappa shape index (κ2) is 7.36. The molecule has 0 aliphatic rings. The van der Waals surface area contributed by atoms with Gasteiger partial charge in [0.25, 0.3) is 5.69 Å². The van der Waals surface area contributed by atoms with Crippen molar-refractivity contribution in [3.63, 3.8) is 0 Å². The van der Waals surface area contributed by atoms with Gasteiger partial charge in [-0.3, -0.25) is 14.8 Å².